The maximum absolute atomic E-state index is 11.7. The minimum Gasteiger partial charge on any atom is -0.441 e. The molecule has 0 aliphatic carbocycles. The molecule has 1 amide bonds. The summed E-state index contributed by atoms with van der Waals surface area (Å²) in [6.45, 7) is 3.34. The number of likely N-dealkylation sites (tertiary alicyclic amines) is 1. The van der Waals surface area contributed by atoms with E-state index in [0.29, 0.717) is 6.54 Å². The highest BCUT2D eigenvalue weighted by Gasteiger charge is 2.45. The van der Waals surface area contributed by atoms with E-state index in [2.05, 4.69) is 15.1 Å². The van der Waals surface area contributed by atoms with Gasteiger partial charge in [0.15, 0.2) is 0 Å². The summed E-state index contributed by atoms with van der Waals surface area (Å²) >= 11 is 5.98. The minimum absolute atomic E-state index is 0.201. The van der Waals surface area contributed by atoms with Crippen molar-refractivity contribution in [3.8, 4) is 11.3 Å². The Hall–Kier alpha value is -2.05. The van der Waals surface area contributed by atoms with Gasteiger partial charge >= 0.3 is 6.09 Å². The Labute approximate surface area is 151 Å². The molecule has 1 spiro atoms. The molecule has 7 heteroatoms. The van der Waals surface area contributed by atoms with Crippen molar-refractivity contribution >= 4 is 17.7 Å². The van der Waals surface area contributed by atoms with Crippen LogP contribution < -0.4 is 0 Å². The molecule has 6 nitrogen and oxygen atoms in total. The Morgan fingerprint density at radius 2 is 2.00 bits per heavy atom. The Balaban J connectivity index is 1.42. The molecular weight excluding hydrogens is 340 g/mol. The van der Waals surface area contributed by atoms with Crippen LogP contribution >= 0.6 is 11.6 Å². The van der Waals surface area contributed by atoms with Crippen LogP contribution in [0.5, 0.6) is 0 Å². The third-order valence-corrected chi connectivity index (χ3v) is 5.40. The van der Waals surface area contributed by atoms with Gasteiger partial charge in [-0.3, -0.25) is 10.00 Å². The number of aromatic amines is 1. The highest BCUT2D eigenvalue weighted by atomic mass is 35.5. The highest BCUT2D eigenvalue weighted by molar-refractivity contribution is 6.30. The summed E-state index contributed by atoms with van der Waals surface area (Å²) in [7, 11) is 1.80. The molecule has 4 rings (SSSR count). The summed E-state index contributed by atoms with van der Waals surface area (Å²) in [4.78, 5) is 15.7. The Morgan fingerprint density at radius 1 is 1.28 bits per heavy atom. The van der Waals surface area contributed by atoms with Gasteiger partial charge in [-0.2, -0.15) is 5.10 Å². The van der Waals surface area contributed by atoms with Crippen molar-refractivity contribution < 1.29 is 9.53 Å². The monoisotopic (exact) mass is 360 g/mol. The summed E-state index contributed by atoms with van der Waals surface area (Å²) in [5.41, 5.74) is 2.98. The number of nitrogens with zero attached hydrogens (tertiary/aromatic N) is 3. The second-order valence-electron chi connectivity index (χ2n) is 6.96. The summed E-state index contributed by atoms with van der Waals surface area (Å²) in [5, 5.41) is 8.04. The Kier molecular flexibility index (Phi) is 4.17. The predicted octanol–water partition coefficient (Wildman–Crippen LogP) is 3.15. The quantitative estimate of drug-likeness (QED) is 0.913. The van der Waals surface area contributed by atoms with Gasteiger partial charge in [0.1, 0.15) is 5.60 Å². The van der Waals surface area contributed by atoms with E-state index in [0.717, 1.165) is 48.8 Å². The van der Waals surface area contributed by atoms with Crippen LogP contribution in [0.15, 0.2) is 30.5 Å². The largest absolute Gasteiger partial charge is 0.441 e. The number of ether oxygens (including phenoxy) is 1. The zero-order valence-corrected chi connectivity index (χ0v) is 14.9. The number of aromatic nitrogens is 2. The maximum Gasteiger partial charge on any atom is 0.410 e. The first kappa shape index (κ1) is 16.4. The number of H-pyrrole nitrogens is 1. The second kappa shape index (κ2) is 6.35. The van der Waals surface area contributed by atoms with Crippen molar-refractivity contribution in [1.29, 1.82) is 0 Å². The number of benzene rings is 1. The predicted molar refractivity (Wildman–Crippen MR) is 95.4 cm³/mol. The summed E-state index contributed by atoms with van der Waals surface area (Å²) in [6.07, 6.45) is 3.43. The van der Waals surface area contributed by atoms with Crippen LogP contribution in [0.1, 0.15) is 18.4 Å². The molecule has 1 aromatic carbocycles. The van der Waals surface area contributed by atoms with Gasteiger partial charge in [0.05, 0.1) is 18.4 Å². The number of hydrogen-bond donors (Lipinski definition) is 1. The summed E-state index contributed by atoms with van der Waals surface area (Å²) < 4.78 is 5.62. The molecule has 1 N–H and O–H groups in total. The highest BCUT2D eigenvalue weighted by Crippen LogP contribution is 2.33. The number of carbonyl (C=O) groups excluding carboxylic acids is 1. The SMILES string of the molecule is CN1CC2(CCN(Cc3cn[nH]c3-c3ccc(Cl)cc3)CC2)OC1=O. The van der Waals surface area contributed by atoms with Gasteiger partial charge in [0.2, 0.25) is 0 Å². The van der Waals surface area contributed by atoms with E-state index in [4.69, 9.17) is 16.3 Å². The van der Waals surface area contributed by atoms with Gasteiger partial charge in [0, 0.05) is 50.1 Å². The van der Waals surface area contributed by atoms with Crippen molar-refractivity contribution in [2.45, 2.75) is 25.0 Å². The number of halogens is 1. The third-order valence-electron chi connectivity index (χ3n) is 5.15. The standard InChI is InChI=1S/C18H21ClN4O2/c1-22-12-18(25-17(22)24)6-8-23(9-7-18)11-14-10-20-21-16(14)13-2-4-15(19)5-3-13/h2-5,10H,6-9,11-12H2,1H3,(H,20,21). The number of amides is 1. The van der Waals surface area contributed by atoms with Crippen LogP contribution in [0.2, 0.25) is 5.02 Å². The molecular formula is C18H21ClN4O2. The van der Waals surface area contributed by atoms with E-state index in [-0.39, 0.29) is 11.7 Å². The molecule has 0 atom stereocenters. The van der Waals surface area contributed by atoms with E-state index in [1.54, 1.807) is 11.9 Å². The van der Waals surface area contributed by atoms with Crippen molar-refractivity contribution in [2.75, 3.05) is 26.7 Å². The lowest BCUT2D eigenvalue weighted by molar-refractivity contribution is -0.00115. The Morgan fingerprint density at radius 3 is 2.64 bits per heavy atom. The average Bonchev–Trinajstić information content (AvgIpc) is 3.16. The number of nitrogens with one attached hydrogen (secondary N) is 1. The van der Waals surface area contributed by atoms with Gasteiger partial charge in [-0.1, -0.05) is 23.7 Å². The number of rotatable bonds is 3. The molecule has 1 aromatic heterocycles. The molecule has 2 fully saturated rings. The molecule has 0 unspecified atom stereocenters. The van der Waals surface area contributed by atoms with Crippen molar-refractivity contribution in [2.24, 2.45) is 0 Å². The fourth-order valence-electron chi connectivity index (χ4n) is 3.71. The topological polar surface area (TPSA) is 61.5 Å². The summed E-state index contributed by atoms with van der Waals surface area (Å²) in [6, 6.07) is 7.77. The maximum atomic E-state index is 11.7. The lowest BCUT2D eigenvalue weighted by atomic mass is 9.91. The molecule has 2 aliphatic rings. The van der Waals surface area contributed by atoms with Crippen molar-refractivity contribution in [3.63, 3.8) is 0 Å². The lowest BCUT2D eigenvalue weighted by Crippen LogP contribution is -2.46. The van der Waals surface area contributed by atoms with Gasteiger partial charge in [0.25, 0.3) is 0 Å². The molecule has 3 heterocycles. The van der Waals surface area contributed by atoms with E-state index in [9.17, 15) is 4.79 Å². The molecule has 132 valence electrons. The number of likely N-dealkylation sites (N-methyl/N-ethyl adjacent to an activating group) is 1. The summed E-state index contributed by atoms with van der Waals surface area (Å²) in [5.74, 6) is 0. The molecule has 0 radical (unpaired) electrons. The van der Waals surface area contributed by atoms with Crippen LogP contribution in [0, 0.1) is 0 Å². The first-order valence-corrected chi connectivity index (χ1v) is 8.87. The van der Waals surface area contributed by atoms with Crippen LogP contribution in [-0.4, -0.2) is 58.4 Å². The van der Waals surface area contributed by atoms with E-state index in [1.165, 1.54) is 5.56 Å². The van der Waals surface area contributed by atoms with E-state index >= 15 is 0 Å². The zero-order chi connectivity index (χ0) is 17.4. The van der Waals surface area contributed by atoms with Gasteiger partial charge in [-0.25, -0.2) is 4.79 Å². The normalized spacial score (nSPS) is 20.2. The lowest BCUT2D eigenvalue weighted by Gasteiger charge is -2.37. The first-order chi connectivity index (χ1) is 12.0. The number of hydrogen-bond acceptors (Lipinski definition) is 4. The van der Waals surface area contributed by atoms with Crippen LogP contribution in [0.4, 0.5) is 4.79 Å². The van der Waals surface area contributed by atoms with Crippen molar-refractivity contribution in [1.82, 2.24) is 20.0 Å². The minimum atomic E-state index is -0.294. The van der Waals surface area contributed by atoms with Crippen LogP contribution in [0.3, 0.4) is 0 Å². The fourth-order valence-corrected chi connectivity index (χ4v) is 3.84. The molecule has 2 aromatic rings. The van der Waals surface area contributed by atoms with Gasteiger partial charge in [-0.15, -0.1) is 0 Å². The van der Waals surface area contributed by atoms with Gasteiger partial charge in [-0.05, 0) is 17.7 Å². The number of piperidine rings is 1. The fraction of sp³-hybridized carbons (Fsp3) is 0.444. The zero-order valence-electron chi connectivity index (χ0n) is 14.2. The van der Waals surface area contributed by atoms with Crippen LogP contribution in [0.25, 0.3) is 11.3 Å². The molecule has 25 heavy (non-hydrogen) atoms. The van der Waals surface area contributed by atoms with E-state index < -0.39 is 0 Å². The molecule has 2 saturated heterocycles. The smallest absolute Gasteiger partial charge is 0.410 e. The average molecular weight is 361 g/mol. The van der Waals surface area contributed by atoms with Gasteiger partial charge < -0.3 is 9.64 Å². The van der Waals surface area contributed by atoms with Crippen LogP contribution in [-0.2, 0) is 11.3 Å². The second-order valence-corrected chi connectivity index (χ2v) is 7.40. The van der Waals surface area contributed by atoms with Crippen molar-refractivity contribution in [3.05, 3.63) is 41.0 Å². The Bertz CT molecular complexity index is 766. The third kappa shape index (κ3) is 3.24. The first-order valence-electron chi connectivity index (χ1n) is 8.49. The molecule has 0 bridgehead atoms. The number of carbonyl (C=O) groups is 1. The molecule has 2 aliphatic heterocycles. The van der Waals surface area contributed by atoms with E-state index in [1.807, 2.05) is 30.5 Å². The molecule has 0 saturated carbocycles.